The molecule has 3 saturated heterocycles. The normalized spacial score (nSPS) is 37.8. The molecule has 0 amide bonds. The molecule has 0 radical (unpaired) electrons. The van der Waals surface area contributed by atoms with Crippen molar-refractivity contribution in [3.05, 3.63) is 16.8 Å². The number of aromatic nitrogens is 4. The highest BCUT2D eigenvalue weighted by Crippen LogP contribution is 2.57. The molecule has 17 heteroatoms. The van der Waals surface area contributed by atoms with E-state index in [2.05, 4.69) is 30.1 Å². The zero-order chi connectivity index (χ0) is 23.4. The van der Waals surface area contributed by atoms with Crippen molar-refractivity contribution in [1.82, 2.24) is 24.6 Å². The molecule has 0 bridgehead atoms. The molecule has 2 aromatic heterocycles. The van der Waals surface area contributed by atoms with E-state index in [0.29, 0.717) is 11.2 Å². The maximum atomic E-state index is 13.2. The van der Waals surface area contributed by atoms with Crippen molar-refractivity contribution in [2.75, 3.05) is 26.0 Å². The second-order valence-corrected chi connectivity index (χ2v) is 9.59. The molecule has 0 saturated carbocycles. The van der Waals surface area contributed by atoms with Gasteiger partial charge in [-0.15, -0.1) is 0 Å². The van der Waals surface area contributed by atoms with Gasteiger partial charge >= 0.3 is 7.75 Å². The van der Waals surface area contributed by atoms with Crippen LogP contribution in [0.2, 0.25) is 0 Å². The number of nitrogens with one attached hydrogen (secondary N) is 1. The summed E-state index contributed by atoms with van der Waals surface area (Å²) in [6.07, 6.45) is -1.98. The quantitative estimate of drug-likeness (QED) is 0.258. The van der Waals surface area contributed by atoms with Crippen molar-refractivity contribution in [1.29, 1.82) is 0 Å². The Bertz CT molecular complexity index is 1170. The van der Waals surface area contributed by atoms with Crippen LogP contribution in [0.3, 0.4) is 0 Å². The number of anilines is 1. The van der Waals surface area contributed by atoms with Crippen LogP contribution in [-0.2, 0) is 27.8 Å². The lowest BCUT2D eigenvalue weighted by atomic mass is 9.93. The van der Waals surface area contributed by atoms with Gasteiger partial charge in [0.25, 0.3) is 0 Å². The number of ether oxygens (including phenoxy) is 4. The molecular formula is C16H22N9O7P. The molecule has 3 N–H and O–H groups in total. The van der Waals surface area contributed by atoms with E-state index < -0.39 is 38.0 Å². The van der Waals surface area contributed by atoms with E-state index in [-0.39, 0.29) is 31.3 Å². The first kappa shape index (κ1) is 22.3. The minimum atomic E-state index is -3.78. The largest absolute Gasteiger partial charge is 0.479 e. The van der Waals surface area contributed by atoms with Gasteiger partial charge in [-0.1, -0.05) is 5.11 Å². The number of hydrogen-bond acceptors (Lipinski definition) is 12. The van der Waals surface area contributed by atoms with Crippen molar-refractivity contribution in [2.24, 2.45) is 5.11 Å². The molecule has 0 spiro atoms. The minimum absolute atomic E-state index is 0.0370. The lowest BCUT2D eigenvalue weighted by Gasteiger charge is -2.38. The predicted octanol–water partition coefficient (Wildman–Crippen LogP) is 1.22. The third-order valence-electron chi connectivity index (χ3n) is 5.63. The molecule has 0 aromatic carbocycles. The fraction of sp³-hybridized carbons (Fsp3) is 0.688. The van der Waals surface area contributed by atoms with Crippen LogP contribution in [0.1, 0.15) is 20.1 Å². The topological polar surface area (TPSA) is 203 Å². The van der Waals surface area contributed by atoms with Crippen LogP contribution < -0.4 is 15.6 Å². The van der Waals surface area contributed by atoms with Crippen LogP contribution in [0.5, 0.6) is 5.88 Å². The summed E-state index contributed by atoms with van der Waals surface area (Å²) in [5.74, 6) is 0.144. The Balaban J connectivity index is 1.45. The number of imidazole rings is 1. The first-order valence-electron chi connectivity index (χ1n) is 10.0. The van der Waals surface area contributed by atoms with E-state index in [9.17, 15) is 10.1 Å². The molecule has 2 aromatic rings. The number of fused-ring (bicyclic) bond motifs is 2. The van der Waals surface area contributed by atoms with Crippen molar-refractivity contribution < 1.29 is 32.6 Å². The predicted molar refractivity (Wildman–Crippen MR) is 110 cm³/mol. The molecule has 3 fully saturated rings. The van der Waals surface area contributed by atoms with Crippen LogP contribution in [-0.4, -0.2) is 70.1 Å². The molecular weight excluding hydrogens is 461 g/mol. The number of methoxy groups -OCH3 is 1. The summed E-state index contributed by atoms with van der Waals surface area (Å²) >= 11 is 0. The summed E-state index contributed by atoms with van der Waals surface area (Å²) in [4.78, 5) is 15.5. The van der Waals surface area contributed by atoms with Gasteiger partial charge in [-0.25, -0.2) is 14.6 Å². The van der Waals surface area contributed by atoms with E-state index in [4.69, 9.17) is 33.7 Å². The van der Waals surface area contributed by atoms with Gasteiger partial charge in [0.1, 0.15) is 17.7 Å². The summed E-state index contributed by atoms with van der Waals surface area (Å²) in [6, 6.07) is 0. The monoisotopic (exact) mass is 483 g/mol. The van der Waals surface area contributed by atoms with E-state index in [0.717, 1.165) is 0 Å². The molecule has 178 valence electrons. The third-order valence-corrected chi connectivity index (χ3v) is 7.19. The van der Waals surface area contributed by atoms with Crippen LogP contribution in [0, 0.1) is 0 Å². The van der Waals surface area contributed by atoms with Gasteiger partial charge in [-0.3, -0.25) is 13.6 Å². The standard InChI is InChI=1S/C16H22N9O7P/c1-7-29-9(30-7)4-20-33(26)28-5-8-11(32-33)16(2,23-24-18)14(31-8)25-6-19-10-12(25)21-15(17)22-13(10)27-3/h6-9,11,14H,4-5H2,1-3H3,(H,20,26)(H2,17,21,22)/t7?,8-,9?,11-,14-,16-,33?/m1/s1. The fourth-order valence-corrected chi connectivity index (χ4v) is 5.71. The minimum Gasteiger partial charge on any atom is -0.479 e. The van der Waals surface area contributed by atoms with Crippen molar-refractivity contribution in [3.8, 4) is 5.88 Å². The van der Waals surface area contributed by atoms with Gasteiger partial charge in [-0.2, -0.15) is 9.97 Å². The summed E-state index contributed by atoms with van der Waals surface area (Å²) in [5, 5.41) is 6.68. The zero-order valence-electron chi connectivity index (χ0n) is 17.9. The Kier molecular flexibility index (Phi) is 5.42. The molecule has 1 unspecified atom stereocenters. The highest BCUT2D eigenvalue weighted by Gasteiger charge is 2.60. The Morgan fingerprint density at radius 1 is 1.45 bits per heavy atom. The van der Waals surface area contributed by atoms with Gasteiger partial charge in [0.2, 0.25) is 11.8 Å². The van der Waals surface area contributed by atoms with E-state index in [1.165, 1.54) is 13.4 Å². The van der Waals surface area contributed by atoms with Gasteiger partial charge < -0.3 is 24.7 Å². The molecule has 16 nitrogen and oxygen atoms in total. The maximum absolute atomic E-state index is 13.2. The van der Waals surface area contributed by atoms with E-state index in [1.807, 2.05) is 0 Å². The van der Waals surface area contributed by atoms with Gasteiger partial charge in [0.05, 0.1) is 26.6 Å². The van der Waals surface area contributed by atoms with E-state index >= 15 is 0 Å². The number of rotatable bonds is 6. The lowest BCUT2D eigenvalue weighted by Crippen LogP contribution is -2.49. The molecule has 0 aliphatic carbocycles. The number of azide groups is 1. The molecule has 5 atom stereocenters. The number of nitrogens with two attached hydrogens (primary N) is 1. The zero-order valence-corrected chi connectivity index (χ0v) is 18.8. The van der Waals surface area contributed by atoms with Crippen molar-refractivity contribution in [3.63, 3.8) is 0 Å². The molecule has 3 aliphatic rings. The number of nitrogen functional groups attached to an aromatic ring is 1. The third kappa shape index (κ3) is 3.70. The molecule has 5 heterocycles. The highest BCUT2D eigenvalue weighted by molar-refractivity contribution is 7.51. The molecule has 33 heavy (non-hydrogen) atoms. The molecule has 3 aliphatic heterocycles. The van der Waals surface area contributed by atoms with Crippen LogP contribution >= 0.6 is 7.75 Å². The average molecular weight is 483 g/mol. The highest BCUT2D eigenvalue weighted by atomic mass is 31.2. The van der Waals surface area contributed by atoms with Crippen molar-refractivity contribution in [2.45, 2.75) is 50.4 Å². The summed E-state index contributed by atoms with van der Waals surface area (Å²) in [6.45, 7) is 3.39. The van der Waals surface area contributed by atoms with Crippen molar-refractivity contribution >= 4 is 24.9 Å². The summed E-state index contributed by atoms with van der Waals surface area (Å²) in [7, 11) is -2.34. The summed E-state index contributed by atoms with van der Waals surface area (Å²) in [5.41, 5.74) is 14.4. The average Bonchev–Trinajstić information content (AvgIpc) is 3.29. The van der Waals surface area contributed by atoms with Gasteiger partial charge in [-0.05, 0) is 19.4 Å². The molecule has 5 rings (SSSR count). The Morgan fingerprint density at radius 2 is 2.24 bits per heavy atom. The first-order chi connectivity index (χ1) is 15.8. The second-order valence-electron chi connectivity index (χ2n) is 7.81. The van der Waals surface area contributed by atoms with E-state index in [1.54, 1.807) is 18.4 Å². The van der Waals surface area contributed by atoms with Gasteiger partial charge in [0.15, 0.2) is 30.0 Å². The Labute approximate surface area is 186 Å². The van der Waals surface area contributed by atoms with Crippen LogP contribution in [0.15, 0.2) is 11.4 Å². The first-order valence-corrected chi connectivity index (χ1v) is 11.6. The summed E-state index contributed by atoms with van der Waals surface area (Å²) < 4.78 is 48.1. The Hall–Kier alpha value is -2.55. The van der Waals surface area contributed by atoms with Gasteiger partial charge in [0, 0.05) is 4.91 Å². The lowest BCUT2D eigenvalue weighted by molar-refractivity contribution is -0.371. The van der Waals surface area contributed by atoms with Crippen LogP contribution in [0.4, 0.5) is 5.95 Å². The van der Waals surface area contributed by atoms with Crippen LogP contribution in [0.25, 0.3) is 21.6 Å². The number of hydrogen-bond donors (Lipinski definition) is 2. The second kappa shape index (κ2) is 8.04. The Morgan fingerprint density at radius 3 is 2.94 bits per heavy atom. The smallest absolute Gasteiger partial charge is 0.406 e. The SMILES string of the molecule is COc1nc(N)nc2c1ncn2[C@@H]1O[C@@H]2COP(=O)(NCC3OC(C)O3)O[C@H]2[C@@]1(C)N=[N+]=[N-]. The maximum Gasteiger partial charge on any atom is 0.406 e. The fourth-order valence-electron chi connectivity index (χ4n) is 4.12. The number of nitrogens with zero attached hydrogens (tertiary/aromatic N) is 7.